The summed E-state index contributed by atoms with van der Waals surface area (Å²) in [7, 11) is 2.21. The minimum Gasteiger partial charge on any atom is -0.307 e. The van der Waals surface area contributed by atoms with Crippen LogP contribution in [0.25, 0.3) is 60.1 Å². The zero-order valence-electron chi connectivity index (χ0n) is 23.4. The van der Waals surface area contributed by atoms with Crippen LogP contribution in [0.5, 0.6) is 0 Å². The van der Waals surface area contributed by atoms with E-state index in [9.17, 15) is 0 Å². The molecule has 192 valence electrons. The SMILES string of the molecule is Cc1ccc2c3c(-c4ccccc4)cccc3n3c4cc(C5CCC(C)(C)CC5)cc5cc[n+](C)c(c1c23)c54. The lowest BCUT2D eigenvalue weighted by atomic mass is 9.71. The monoisotopic (exact) mass is 507 g/mol. The van der Waals surface area contributed by atoms with Gasteiger partial charge in [0, 0.05) is 16.8 Å². The number of nitrogens with zero attached hydrogens (tertiary/aromatic N) is 2. The molecule has 4 aromatic carbocycles. The van der Waals surface area contributed by atoms with Crippen LogP contribution in [0.1, 0.15) is 56.6 Å². The number of hydrogen-bond donors (Lipinski definition) is 0. The average molecular weight is 508 g/mol. The Morgan fingerprint density at radius 1 is 0.795 bits per heavy atom. The third-order valence-electron chi connectivity index (χ3n) is 9.77. The summed E-state index contributed by atoms with van der Waals surface area (Å²) in [6, 6.07) is 29.8. The molecule has 0 N–H and O–H groups in total. The van der Waals surface area contributed by atoms with Crippen molar-refractivity contribution >= 4 is 49.0 Å². The van der Waals surface area contributed by atoms with Crippen LogP contribution in [0.4, 0.5) is 0 Å². The van der Waals surface area contributed by atoms with Crippen molar-refractivity contribution in [2.45, 2.75) is 52.4 Å². The molecule has 0 amide bonds. The molecule has 0 unspecified atom stereocenters. The summed E-state index contributed by atoms with van der Waals surface area (Å²) in [6.45, 7) is 7.15. The normalized spacial score (nSPS) is 16.4. The number of rotatable bonds is 2. The maximum Gasteiger partial charge on any atom is 0.224 e. The van der Waals surface area contributed by atoms with Crippen LogP contribution in [0, 0.1) is 12.3 Å². The van der Waals surface area contributed by atoms with E-state index in [1.807, 2.05) is 0 Å². The van der Waals surface area contributed by atoms with E-state index in [-0.39, 0.29) is 0 Å². The summed E-state index contributed by atoms with van der Waals surface area (Å²) in [5, 5.41) is 6.82. The van der Waals surface area contributed by atoms with Gasteiger partial charge < -0.3 is 4.40 Å². The van der Waals surface area contributed by atoms with E-state index in [0.717, 1.165) is 0 Å². The molecule has 1 aliphatic rings. The maximum absolute atomic E-state index is 2.60. The number of hydrogen-bond acceptors (Lipinski definition) is 0. The predicted molar refractivity (Wildman–Crippen MR) is 165 cm³/mol. The van der Waals surface area contributed by atoms with Gasteiger partial charge in [-0.1, -0.05) is 74.5 Å². The van der Waals surface area contributed by atoms with Gasteiger partial charge in [-0.25, -0.2) is 4.57 Å². The lowest BCUT2D eigenvalue weighted by molar-refractivity contribution is -0.643. The first-order chi connectivity index (χ1) is 18.9. The number of aromatic nitrogens is 2. The molecule has 3 heterocycles. The van der Waals surface area contributed by atoms with Crippen molar-refractivity contribution in [3.05, 3.63) is 96.2 Å². The molecule has 39 heavy (non-hydrogen) atoms. The molecule has 0 atom stereocenters. The highest BCUT2D eigenvalue weighted by Crippen LogP contribution is 2.46. The predicted octanol–water partition coefficient (Wildman–Crippen LogP) is 9.47. The molecule has 1 aliphatic carbocycles. The summed E-state index contributed by atoms with van der Waals surface area (Å²) in [4.78, 5) is 0. The third kappa shape index (κ3) is 3.24. The van der Waals surface area contributed by atoms with Crippen molar-refractivity contribution in [1.29, 1.82) is 0 Å². The summed E-state index contributed by atoms with van der Waals surface area (Å²) < 4.78 is 4.95. The fourth-order valence-electron chi connectivity index (χ4n) is 7.61. The van der Waals surface area contributed by atoms with E-state index in [0.29, 0.717) is 11.3 Å². The summed E-state index contributed by atoms with van der Waals surface area (Å²) >= 11 is 0. The molecule has 2 nitrogen and oxygen atoms in total. The molecular weight excluding hydrogens is 472 g/mol. The van der Waals surface area contributed by atoms with Gasteiger partial charge in [0.25, 0.3) is 0 Å². The topological polar surface area (TPSA) is 8.29 Å². The quantitative estimate of drug-likeness (QED) is 0.125. The molecule has 0 aliphatic heterocycles. The molecular formula is C37H35N2+. The highest BCUT2D eigenvalue weighted by atomic mass is 15.0. The molecule has 0 spiro atoms. The van der Waals surface area contributed by atoms with Crippen molar-refractivity contribution < 1.29 is 4.57 Å². The van der Waals surface area contributed by atoms with Crippen molar-refractivity contribution in [3.8, 4) is 11.1 Å². The molecule has 7 aromatic rings. The number of benzene rings is 4. The van der Waals surface area contributed by atoms with Crippen molar-refractivity contribution in [2.24, 2.45) is 12.5 Å². The molecule has 3 aromatic heterocycles. The highest BCUT2D eigenvalue weighted by Gasteiger charge is 2.30. The Hall–Kier alpha value is -3.91. The van der Waals surface area contributed by atoms with Gasteiger partial charge in [-0.3, -0.25) is 0 Å². The first-order valence-corrected chi connectivity index (χ1v) is 14.5. The van der Waals surface area contributed by atoms with Gasteiger partial charge in [0.05, 0.1) is 27.3 Å². The van der Waals surface area contributed by atoms with Crippen molar-refractivity contribution in [2.75, 3.05) is 0 Å². The van der Waals surface area contributed by atoms with Crippen LogP contribution in [-0.4, -0.2) is 4.40 Å². The lowest BCUT2D eigenvalue weighted by Gasteiger charge is -2.34. The second-order valence-electron chi connectivity index (χ2n) is 12.8. The average Bonchev–Trinajstić information content (AvgIpc) is 3.29. The molecule has 0 saturated heterocycles. The van der Waals surface area contributed by atoms with E-state index in [2.05, 4.69) is 122 Å². The number of aryl methyl sites for hydroxylation is 2. The third-order valence-corrected chi connectivity index (χ3v) is 9.77. The summed E-state index contributed by atoms with van der Waals surface area (Å²) in [6.07, 6.45) is 7.43. The first kappa shape index (κ1) is 23.0. The molecule has 0 bridgehead atoms. The van der Waals surface area contributed by atoms with Gasteiger partial charge in [-0.05, 0) is 83.7 Å². The Morgan fingerprint density at radius 2 is 1.59 bits per heavy atom. The van der Waals surface area contributed by atoms with Gasteiger partial charge >= 0.3 is 0 Å². The molecule has 2 heteroatoms. The molecule has 8 rings (SSSR count). The number of pyridine rings is 2. The molecule has 0 radical (unpaired) electrons. The summed E-state index contributed by atoms with van der Waals surface area (Å²) in [5.74, 6) is 0.632. The second-order valence-corrected chi connectivity index (χ2v) is 12.8. The van der Waals surface area contributed by atoms with Gasteiger partial charge in [-0.2, -0.15) is 0 Å². The van der Waals surface area contributed by atoms with E-state index in [1.165, 1.54) is 96.9 Å². The minimum absolute atomic E-state index is 0.468. The minimum atomic E-state index is 0.468. The molecule has 1 saturated carbocycles. The smallest absolute Gasteiger partial charge is 0.224 e. The Morgan fingerprint density at radius 3 is 2.38 bits per heavy atom. The largest absolute Gasteiger partial charge is 0.307 e. The second kappa shape index (κ2) is 8.05. The van der Waals surface area contributed by atoms with Gasteiger partial charge in [-0.15, -0.1) is 0 Å². The van der Waals surface area contributed by atoms with Gasteiger partial charge in [0.2, 0.25) is 5.52 Å². The van der Waals surface area contributed by atoms with E-state index in [1.54, 1.807) is 0 Å². The maximum atomic E-state index is 2.60. The Balaban J connectivity index is 1.56. The van der Waals surface area contributed by atoms with E-state index >= 15 is 0 Å². The Labute approximate surface area is 229 Å². The fraction of sp³-hybridized carbons (Fsp3) is 0.270. The van der Waals surface area contributed by atoms with Gasteiger partial charge in [0.15, 0.2) is 6.20 Å². The van der Waals surface area contributed by atoms with Crippen LogP contribution in [0.3, 0.4) is 0 Å². The standard InChI is InChI=1S/C37H35N2/c1-23-13-14-29-34-28(25-9-6-5-7-10-25)11-8-12-30(34)39-31-22-27(24-15-18-37(2,3)19-16-24)21-26-17-20-38(4)36(33(26)31)32(23)35(29)39/h5-14,17,20-22,24H,15-16,18-19H2,1-4H3/q+1. The number of fused-ring (bicyclic) bond motifs is 5. The van der Waals surface area contributed by atoms with Crippen molar-refractivity contribution in [3.63, 3.8) is 0 Å². The highest BCUT2D eigenvalue weighted by molar-refractivity contribution is 6.27. The van der Waals surface area contributed by atoms with Crippen molar-refractivity contribution in [1.82, 2.24) is 4.40 Å². The van der Waals surface area contributed by atoms with Crippen LogP contribution in [0.2, 0.25) is 0 Å². The van der Waals surface area contributed by atoms with E-state index in [4.69, 9.17) is 0 Å². The zero-order chi connectivity index (χ0) is 26.5. The van der Waals surface area contributed by atoms with E-state index < -0.39 is 0 Å². The van der Waals surface area contributed by atoms with Crippen LogP contribution < -0.4 is 4.57 Å². The van der Waals surface area contributed by atoms with Crippen LogP contribution in [-0.2, 0) is 7.05 Å². The zero-order valence-corrected chi connectivity index (χ0v) is 23.4. The Bertz CT molecular complexity index is 2050. The lowest BCUT2D eigenvalue weighted by Crippen LogP contribution is -2.29. The first-order valence-electron chi connectivity index (χ1n) is 14.5. The fourth-order valence-corrected chi connectivity index (χ4v) is 7.61. The van der Waals surface area contributed by atoms with Gasteiger partial charge in [0.1, 0.15) is 7.05 Å². The molecule has 1 fully saturated rings. The Kier molecular flexibility index (Phi) is 4.75. The van der Waals surface area contributed by atoms with Crippen LogP contribution >= 0.6 is 0 Å². The summed E-state index contributed by atoms with van der Waals surface area (Å²) in [5.41, 5.74) is 11.2. The van der Waals surface area contributed by atoms with Crippen LogP contribution in [0.15, 0.2) is 85.1 Å².